The summed E-state index contributed by atoms with van der Waals surface area (Å²) in [5.74, 6) is 0.477. The second-order valence-corrected chi connectivity index (χ2v) is 7.50. The van der Waals surface area contributed by atoms with Gasteiger partial charge < -0.3 is 5.11 Å². The number of benzene rings is 2. The summed E-state index contributed by atoms with van der Waals surface area (Å²) in [6.45, 7) is 5.13. The highest BCUT2D eigenvalue weighted by Crippen LogP contribution is 2.21. The van der Waals surface area contributed by atoms with E-state index in [1.807, 2.05) is 36.4 Å². The Hall–Kier alpha value is -2.24. The molecule has 0 unspecified atom stereocenters. The predicted octanol–water partition coefficient (Wildman–Crippen LogP) is 4.13. The molecule has 5 nitrogen and oxygen atoms in total. The van der Waals surface area contributed by atoms with Gasteiger partial charge in [-0.25, -0.2) is 0 Å². The minimum Gasteiger partial charge on any atom is -0.385 e. The van der Waals surface area contributed by atoms with E-state index in [0.29, 0.717) is 19.0 Å². The summed E-state index contributed by atoms with van der Waals surface area (Å²) in [5, 5.41) is 21.7. The van der Waals surface area contributed by atoms with Crippen LogP contribution in [0.3, 0.4) is 0 Å². The summed E-state index contributed by atoms with van der Waals surface area (Å²) in [4.78, 5) is 12.8. The smallest absolute Gasteiger partial charge is 0.230 e. The molecule has 27 heavy (non-hydrogen) atoms. The highest BCUT2D eigenvalue weighted by Gasteiger charge is 2.29. The van der Waals surface area contributed by atoms with E-state index in [-0.39, 0.29) is 6.04 Å². The Morgan fingerprint density at radius 2 is 1.41 bits per heavy atom. The lowest BCUT2D eigenvalue weighted by Crippen LogP contribution is -2.46. The third kappa shape index (κ3) is 7.49. The molecule has 1 N–H and O–H groups in total. The summed E-state index contributed by atoms with van der Waals surface area (Å²) in [5.41, 5.74) is 2.27. The molecule has 2 rings (SSSR count). The molecule has 0 saturated carbocycles. The van der Waals surface area contributed by atoms with Gasteiger partial charge in [-0.1, -0.05) is 74.5 Å². The monoisotopic (exact) mass is 370 g/mol. The SMILES string of the molecule is CC(C)CC[C@@H]([C@H](O)C[N+](=O)[O-])N(Cc1ccccc1)Cc1ccccc1. The molecular weight excluding hydrogens is 340 g/mol. The first kappa shape index (κ1) is 21.1. The van der Waals surface area contributed by atoms with Crippen molar-refractivity contribution in [1.29, 1.82) is 0 Å². The van der Waals surface area contributed by atoms with Crippen molar-refractivity contribution in [3.63, 3.8) is 0 Å². The third-order valence-electron chi connectivity index (χ3n) is 4.75. The van der Waals surface area contributed by atoms with Crippen molar-refractivity contribution in [2.75, 3.05) is 6.54 Å². The summed E-state index contributed by atoms with van der Waals surface area (Å²) >= 11 is 0. The summed E-state index contributed by atoms with van der Waals surface area (Å²) < 4.78 is 0. The fourth-order valence-corrected chi connectivity index (χ4v) is 3.32. The van der Waals surface area contributed by atoms with Crippen LogP contribution in [0.4, 0.5) is 0 Å². The molecule has 5 heteroatoms. The number of nitro groups is 1. The summed E-state index contributed by atoms with van der Waals surface area (Å²) in [6.07, 6.45) is 0.650. The van der Waals surface area contributed by atoms with Crippen molar-refractivity contribution in [2.24, 2.45) is 5.92 Å². The van der Waals surface area contributed by atoms with E-state index in [1.165, 1.54) is 0 Å². The van der Waals surface area contributed by atoms with Gasteiger partial charge in [0.2, 0.25) is 6.54 Å². The van der Waals surface area contributed by atoms with Gasteiger partial charge in [0.25, 0.3) is 0 Å². The van der Waals surface area contributed by atoms with E-state index in [0.717, 1.165) is 24.0 Å². The topological polar surface area (TPSA) is 66.6 Å². The Balaban J connectivity index is 2.26. The van der Waals surface area contributed by atoms with Crippen LogP contribution in [0, 0.1) is 16.0 Å². The van der Waals surface area contributed by atoms with Crippen LogP contribution < -0.4 is 0 Å². The molecule has 0 bridgehead atoms. The van der Waals surface area contributed by atoms with E-state index in [1.54, 1.807) is 0 Å². The summed E-state index contributed by atoms with van der Waals surface area (Å²) in [7, 11) is 0. The molecule has 0 heterocycles. The number of rotatable bonds is 11. The first-order chi connectivity index (χ1) is 13.0. The second-order valence-electron chi connectivity index (χ2n) is 7.50. The van der Waals surface area contributed by atoms with E-state index < -0.39 is 17.6 Å². The van der Waals surface area contributed by atoms with Crippen LogP contribution in [0.5, 0.6) is 0 Å². The van der Waals surface area contributed by atoms with Crippen molar-refractivity contribution < 1.29 is 10.0 Å². The zero-order valence-electron chi connectivity index (χ0n) is 16.2. The predicted molar refractivity (Wildman–Crippen MR) is 108 cm³/mol. The molecule has 2 aromatic rings. The molecule has 146 valence electrons. The number of aliphatic hydroxyl groups is 1. The van der Waals surface area contributed by atoms with Crippen LogP contribution in [-0.4, -0.2) is 33.6 Å². The second kappa shape index (κ2) is 10.8. The van der Waals surface area contributed by atoms with Crippen LogP contribution in [0.2, 0.25) is 0 Å². The van der Waals surface area contributed by atoms with Gasteiger partial charge >= 0.3 is 0 Å². The molecule has 0 fully saturated rings. The number of hydrogen-bond acceptors (Lipinski definition) is 4. The molecule has 0 amide bonds. The average molecular weight is 370 g/mol. The van der Waals surface area contributed by atoms with E-state index >= 15 is 0 Å². The van der Waals surface area contributed by atoms with Gasteiger partial charge in [-0.2, -0.15) is 0 Å². The van der Waals surface area contributed by atoms with Crippen molar-refractivity contribution in [3.05, 3.63) is 81.9 Å². The molecule has 0 saturated heterocycles. The van der Waals surface area contributed by atoms with Crippen LogP contribution in [-0.2, 0) is 13.1 Å². The minimum absolute atomic E-state index is 0.266. The van der Waals surface area contributed by atoms with Gasteiger partial charge in [0.1, 0.15) is 6.10 Å². The average Bonchev–Trinajstić information content (AvgIpc) is 2.62. The van der Waals surface area contributed by atoms with Crippen molar-refractivity contribution in [1.82, 2.24) is 4.90 Å². The first-order valence-corrected chi connectivity index (χ1v) is 9.57. The Morgan fingerprint density at radius 1 is 0.926 bits per heavy atom. The van der Waals surface area contributed by atoms with Crippen molar-refractivity contribution in [3.8, 4) is 0 Å². The number of hydrogen-bond donors (Lipinski definition) is 1. The number of aliphatic hydroxyl groups excluding tert-OH is 1. The molecule has 0 aliphatic rings. The van der Waals surface area contributed by atoms with Crippen LogP contribution in [0.25, 0.3) is 0 Å². The lowest BCUT2D eigenvalue weighted by Gasteiger charge is -2.34. The van der Waals surface area contributed by atoms with Crippen LogP contribution >= 0.6 is 0 Å². The molecule has 0 aliphatic carbocycles. The Labute approximate surface area is 161 Å². The molecule has 0 spiro atoms. The van der Waals surface area contributed by atoms with Crippen molar-refractivity contribution >= 4 is 0 Å². The molecule has 2 atom stereocenters. The Kier molecular flexibility index (Phi) is 8.43. The number of nitrogens with zero attached hydrogens (tertiary/aromatic N) is 2. The Bertz CT molecular complexity index is 635. The van der Waals surface area contributed by atoms with Crippen LogP contribution in [0.15, 0.2) is 60.7 Å². The first-order valence-electron chi connectivity index (χ1n) is 9.57. The van der Waals surface area contributed by atoms with Gasteiger partial charge in [0.15, 0.2) is 0 Å². The highest BCUT2D eigenvalue weighted by atomic mass is 16.6. The maximum atomic E-state index is 11.0. The maximum absolute atomic E-state index is 11.0. The van der Waals surface area contributed by atoms with Gasteiger partial charge in [-0.05, 0) is 29.9 Å². The maximum Gasteiger partial charge on any atom is 0.230 e. The summed E-state index contributed by atoms with van der Waals surface area (Å²) in [6, 6.07) is 19.9. The van der Waals surface area contributed by atoms with Gasteiger partial charge in [0.05, 0.1) is 0 Å². The fourth-order valence-electron chi connectivity index (χ4n) is 3.32. The Morgan fingerprint density at radius 3 is 1.81 bits per heavy atom. The van der Waals surface area contributed by atoms with Crippen LogP contribution in [0.1, 0.15) is 37.8 Å². The molecule has 2 aromatic carbocycles. The zero-order valence-corrected chi connectivity index (χ0v) is 16.2. The van der Waals surface area contributed by atoms with Crippen molar-refractivity contribution in [2.45, 2.75) is 51.9 Å². The standard InChI is InChI=1S/C22H30N2O3/c1-18(2)13-14-21(22(25)17-24(26)27)23(15-19-9-5-3-6-10-19)16-20-11-7-4-8-12-20/h3-12,18,21-22,25H,13-17H2,1-2H3/t21-,22+/m0/s1. The quantitative estimate of drug-likeness (QED) is 0.477. The lowest BCUT2D eigenvalue weighted by molar-refractivity contribution is -0.492. The van der Waals surface area contributed by atoms with Gasteiger partial charge in [-0.3, -0.25) is 15.0 Å². The highest BCUT2D eigenvalue weighted by molar-refractivity contribution is 5.17. The third-order valence-corrected chi connectivity index (χ3v) is 4.75. The fraction of sp³-hybridized carbons (Fsp3) is 0.455. The normalized spacial score (nSPS) is 13.7. The van der Waals surface area contributed by atoms with Gasteiger partial charge in [-0.15, -0.1) is 0 Å². The zero-order chi connectivity index (χ0) is 19.6. The molecular formula is C22H30N2O3. The molecule has 0 aromatic heterocycles. The largest absolute Gasteiger partial charge is 0.385 e. The van der Waals surface area contributed by atoms with E-state index in [4.69, 9.17) is 0 Å². The minimum atomic E-state index is -0.994. The van der Waals surface area contributed by atoms with E-state index in [9.17, 15) is 15.2 Å². The molecule has 0 aliphatic heterocycles. The van der Waals surface area contributed by atoms with Gasteiger partial charge in [0, 0.05) is 24.1 Å². The van der Waals surface area contributed by atoms with E-state index in [2.05, 4.69) is 43.0 Å². The molecule has 0 radical (unpaired) electrons. The lowest BCUT2D eigenvalue weighted by atomic mass is 9.97.